The van der Waals surface area contributed by atoms with Crippen molar-refractivity contribution in [3.63, 3.8) is 0 Å². The second-order valence-corrected chi connectivity index (χ2v) is 8.37. The van der Waals surface area contributed by atoms with Gasteiger partial charge in [0.15, 0.2) is 6.61 Å². The van der Waals surface area contributed by atoms with Crippen LogP contribution in [0.3, 0.4) is 0 Å². The highest BCUT2D eigenvalue weighted by Crippen LogP contribution is 2.19. The number of anilines is 2. The van der Waals surface area contributed by atoms with Gasteiger partial charge in [0.25, 0.3) is 11.5 Å². The largest absolute Gasteiger partial charge is 0.452 e. The number of aromatic nitrogens is 2. The van der Waals surface area contributed by atoms with Crippen molar-refractivity contribution in [3.05, 3.63) is 64.2 Å². The van der Waals surface area contributed by atoms with Crippen molar-refractivity contribution in [1.82, 2.24) is 9.55 Å². The van der Waals surface area contributed by atoms with Crippen molar-refractivity contribution in [2.75, 3.05) is 29.9 Å². The van der Waals surface area contributed by atoms with Gasteiger partial charge in [-0.25, -0.2) is 9.78 Å². The number of benzene rings is 2. The second kappa shape index (κ2) is 10.5. The van der Waals surface area contributed by atoms with Crippen LogP contribution in [0.5, 0.6) is 0 Å². The molecule has 0 unspecified atom stereocenters. The topological polar surface area (TPSA) is 93.5 Å². The summed E-state index contributed by atoms with van der Waals surface area (Å²) in [6, 6.07) is 12.3. The third kappa shape index (κ3) is 5.11. The highest BCUT2D eigenvalue weighted by atomic mass is 16.5. The zero-order chi connectivity index (χ0) is 24.1. The Kier molecular flexibility index (Phi) is 7.25. The number of aryl methyl sites for hydroxylation is 1. The normalized spacial score (nSPS) is 13.1. The quantitative estimate of drug-likeness (QED) is 0.538. The number of carbonyl (C=O) groups excluding carboxylic acids is 2. The molecule has 0 saturated carbocycles. The molecular weight excluding hydrogens is 432 g/mol. The molecule has 2 heterocycles. The van der Waals surface area contributed by atoms with Gasteiger partial charge in [-0.1, -0.05) is 6.42 Å². The maximum Gasteiger partial charge on any atom is 0.338 e. The van der Waals surface area contributed by atoms with Gasteiger partial charge in [-0.2, -0.15) is 0 Å². The lowest BCUT2D eigenvalue weighted by Crippen LogP contribution is -2.25. The van der Waals surface area contributed by atoms with Gasteiger partial charge in [0.05, 0.1) is 16.5 Å². The monoisotopic (exact) mass is 462 g/mol. The van der Waals surface area contributed by atoms with Crippen LogP contribution in [0, 0.1) is 0 Å². The molecule has 3 aromatic rings. The Bertz CT molecular complexity index is 1250. The average Bonchev–Trinajstić information content (AvgIpc) is 3.10. The number of amides is 1. The lowest BCUT2D eigenvalue weighted by atomic mass is 10.1. The van der Waals surface area contributed by atoms with E-state index < -0.39 is 18.5 Å². The molecule has 1 aliphatic heterocycles. The number of rotatable bonds is 7. The first-order chi connectivity index (χ1) is 16.5. The minimum Gasteiger partial charge on any atom is -0.452 e. The van der Waals surface area contributed by atoms with Crippen LogP contribution in [-0.4, -0.2) is 41.1 Å². The van der Waals surface area contributed by atoms with Gasteiger partial charge in [-0.15, -0.1) is 0 Å². The van der Waals surface area contributed by atoms with Crippen LogP contribution in [-0.2, 0) is 22.5 Å². The van der Waals surface area contributed by atoms with E-state index in [0.717, 1.165) is 50.3 Å². The van der Waals surface area contributed by atoms with E-state index in [4.69, 9.17) is 4.74 Å². The maximum absolute atomic E-state index is 12.8. The van der Waals surface area contributed by atoms with Crippen LogP contribution in [0.4, 0.5) is 11.4 Å². The molecule has 0 saturated heterocycles. The number of nitrogens with one attached hydrogen (secondary N) is 1. The van der Waals surface area contributed by atoms with Crippen LogP contribution < -0.4 is 15.8 Å². The first-order valence-corrected chi connectivity index (χ1v) is 11.9. The molecule has 178 valence electrons. The van der Waals surface area contributed by atoms with Crippen molar-refractivity contribution in [2.45, 2.75) is 46.1 Å². The fourth-order valence-electron chi connectivity index (χ4n) is 4.30. The van der Waals surface area contributed by atoms with Crippen LogP contribution in [0.15, 0.2) is 47.3 Å². The highest BCUT2D eigenvalue weighted by Gasteiger charge is 2.16. The molecule has 4 rings (SSSR count). The molecule has 1 aromatic heterocycles. The average molecular weight is 463 g/mol. The van der Waals surface area contributed by atoms with Crippen molar-refractivity contribution in [3.8, 4) is 0 Å². The lowest BCUT2D eigenvalue weighted by molar-refractivity contribution is -0.119. The molecule has 0 bridgehead atoms. The van der Waals surface area contributed by atoms with E-state index >= 15 is 0 Å². The summed E-state index contributed by atoms with van der Waals surface area (Å²) in [6.45, 7) is 6.25. The number of hydrogen-bond acceptors (Lipinski definition) is 6. The number of nitrogens with zero attached hydrogens (tertiary/aromatic N) is 3. The van der Waals surface area contributed by atoms with Gasteiger partial charge < -0.3 is 15.0 Å². The molecule has 0 fully saturated rings. The van der Waals surface area contributed by atoms with Crippen molar-refractivity contribution in [2.24, 2.45) is 0 Å². The van der Waals surface area contributed by atoms with Crippen molar-refractivity contribution >= 4 is 34.2 Å². The number of carbonyl (C=O) groups is 2. The molecule has 8 nitrogen and oxygen atoms in total. The summed E-state index contributed by atoms with van der Waals surface area (Å²) < 4.78 is 6.94. The van der Waals surface area contributed by atoms with Gasteiger partial charge in [0.2, 0.25) is 0 Å². The van der Waals surface area contributed by atoms with Crippen molar-refractivity contribution < 1.29 is 14.3 Å². The second-order valence-electron chi connectivity index (χ2n) is 8.37. The minimum absolute atomic E-state index is 0.0757. The van der Waals surface area contributed by atoms with E-state index in [-0.39, 0.29) is 11.1 Å². The van der Waals surface area contributed by atoms with Gasteiger partial charge in [0.1, 0.15) is 5.82 Å². The summed E-state index contributed by atoms with van der Waals surface area (Å²) in [5.41, 5.74) is 2.37. The number of ether oxygens (including phenoxy) is 1. The van der Waals surface area contributed by atoms with Crippen LogP contribution in [0.2, 0.25) is 0 Å². The summed E-state index contributed by atoms with van der Waals surface area (Å²) in [5.74, 6) is -0.302. The summed E-state index contributed by atoms with van der Waals surface area (Å²) >= 11 is 0. The van der Waals surface area contributed by atoms with Crippen LogP contribution in [0.25, 0.3) is 10.9 Å². The summed E-state index contributed by atoms with van der Waals surface area (Å²) in [4.78, 5) is 44.5. The summed E-state index contributed by atoms with van der Waals surface area (Å²) in [5, 5.41) is 3.22. The number of esters is 1. The molecule has 0 aliphatic carbocycles. The molecule has 2 aromatic carbocycles. The van der Waals surface area contributed by atoms with Gasteiger partial charge in [0, 0.05) is 37.4 Å². The zero-order valence-corrected chi connectivity index (χ0v) is 19.7. The molecule has 0 atom stereocenters. The van der Waals surface area contributed by atoms with E-state index in [1.54, 1.807) is 22.8 Å². The molecule has 0 spiro atoms. The standard InChI is InChI=1S/C26H30N4O4/c1-3-29(4-2)20-12-10-19(11-13-20)27-24(31)17-34-26(33)18-9-14-21-22(16-18)28-23-8-6-5-7-15-30(23)25(21)32/h9-14,16H,3-8,15,17H2,1-2H3,(H,27,31). The van der Waals surface area contributed by atoms with E-state index in [1.807, 2.05) is 24.3 Å². The van der Waals surface area contributed by atoms with E-state index in [2.05, 4.69) is 29.0 Å². The lowest BCUT2D eigenvalue weighted by Gasteiger charge is -2.21. The Morgan fingerprint density at radius 2 is 1.82 bits per heavy atom. The molecule has 34 heavy (non-hydrogen) atoms. The first-order valence-electron chi connectivity index (χ1n) is 11.9. The predicted molar refractivity (Wildman–Crippen MR) is 132 cm³/mol. The Labute approximate surface area is 198 Å². The zero-order valence-electron chi connectivity index (χ0n) is 19.7. The Morgan fingerprint density at radius 1 is 1.06 bits per heavy atom. The van der Waals surface area contributed by atoms with Crippen LogP contribution in [0.1, 0.15) is 49.3 Å². The van der Waals surface area contributed by atoms with Crippen LogP contribution >= 0.6 is 0 Å². The summed E-state index contributed by atoms with van der Waals surface area (Å²) in [6.07, 6.45) is 3.77. The third-order valence-corrected chi connectivity index (χ3v) is 6.17. The molecule has 8 heteroatoms. The highest BCUT2D eigenvalue weighted by molar-refractivity contribution is 5.97. The van der Waals surface area contributed by atoms with Gasteiger partial charge in [-0.3, -0.25) is 14.2 Å². The minimum atomic E-state index is -0.634. The maximum atomic E-state index is 12.8. The molecule has 0 radical (unpaired) electrons. The van der Waals surface area contributed by atoms with E-state index in [0.29, 0.717) is 23.1 Å². The predicted octanol–water partition coefficient (Wildman–Crippen LogP) is 3.76. The fraction of sp³-hybridized carbons (Fsp3) is 0.385. The summed E-state index contributed by atoms with van der Waals surface area (Å²) in [7, 11) is 0. The molecule has 1 aliphatic rings. The molecule has 1 N–H and O–H groups in total. The number of fused-ring (bicyclic) bond motifs is 2. The first kappa shape index (κ1) is 23.5. The molecule has 1 amide bonds. The van der Waals surface area contributed by atoms with E-state index in [1.165, 1.54) is 0 Å². The Morgan fingerprint density at radius 3 is 2.56 bits per heavy atom. The fourth-order valence-corrected chi connectivity index (χ4v) is 4.30. The Hall–Kier alpha value is -3.68. The van der Waals surface area contributed by atoms with Crippen molar-refractivity contribution in [1.29, 1.82) is 0 Å². The van der Waals surface area contributed by atoms with Gasteiger partial charge in [-0.05, 0) is 69.2 Å². The van der Waals surface area contributed by atoms with E-state index in [9.17, 15) is 14.4 Å². The number of hydrogen-bond donors (Lipinski definition) is 1. The SMILES string of the molecule is CCN(CC)c1ccc(NC(=O)COC(=O)c2ccc3c(=O)n4c(nc3c2)CCCCC4)cc1. The molecular formula is C26H30N4O4. The van der Waals surface area contributed by atoms with Gasteiger partial charge >= 0.3 is 5.97 Å². The third-order valence-electron chi connectivity index (χ3n) is 6.17. The smallest absolute Gasteiger partial charge is 0.338 e. The Balaban J connectivity index is 1.40.